The number of aromatic nitrogens is 1. The largest absolute Gasteiger partial charge is 0.497 e. The van der Waals surface area contributed by atoms with Gasteiger partial charge in [0.25, 0.3) is 0 Å². The molecule has 2 unspecified atom stereocenters. The van der Waals surface area contributed by atoms with Crippen molar-refractivity contribution in [2.24, 2.45) is 0 Å². The molecule has 1 aromatic rings. The summed E-state index contributed by atoms with van der Waals surface area (Å²) >= 11 is 6.33. The van der Waals surface area contributed by atoms with Gasteiger partial charge in [0.2, 0.25) is 0 Å². The van der Waals surface area contributed by atoms with Crippen molar-refractivity contribution in [2.45, 2.75) is 56.6 Å². The fourth-order valence-electron chi connectivity index (χ4n) is 3.55. The van der Waals surface area contributed by atoms with Crippen molar-refractivity contribution < 1.29 is 4.74 Å². The highest BCUT2D eigenvalue weighted by Crippen LogP contribution is 2.38. The van der Waals surface area contributed by atoms with Crippen molar-refractivity contribution in [2.75, 3.05) is 7.11 Å². The van der Waals surface area contributed by atoms with Crippen LogP contribution in [0.2, 0.25) is 0 Å². The predicted molar refractivity (Wildman–Crippen MR) is 76.8 cm³/mol. The SMILES string of the molecule is COc1cc(C)nc(CN2C3CCC2CC(Cl)C3)c1. The van der Waals surface area contributed by atoms with Crippen LogP contribution < -0.4 is 4.74 Å². The fourth-order valence-corrected chi connectivity index (χ4v) is 3.97. The van der Waals surface area contributed by atoms with Crippen LogP contribution in [-0.4, -0.2) is 34.5 Å². The number of methoxy groups -OCH3 is 1. The van der Waals surface area contributed by atoms with Gasteiger partial charge in [-0.05, 0) is 32.6 Å². The van der Waals surface area contributed by atoms with E-state index in [2.05, 4.69) is 16.0 Å². The summed E-state index contributed by atoms with van der Waals surface area (Å²) in [7, 11) is 1.71. The van der Waals surface area contributed by atoms with E-state index in [4.69, 9.17) is 16.3 Å². The summed E-state index contributed by atoms with van der Waals surface area (Å²) in [6.45, 7) is 2.95. The lowest BCUT2D eigenvalue weighted by atomic mass is 10.0. The molecule has 1 aromatic heterocycles. The highest BCUT2D eigenvalue weighted by atomic mass is 35.5. The molecule has 0 aromatic carbocycles. The summed E-state index contributed by atoms with van der Waals surface area (Å²) in [6.07, 6.45) is 4.83. The maximum Gasteiger partial charge on any atom is 0.122 e. The monoisotopic (exact) mass is 280 g/mol. The number of nitrogens with zero attached hydrogens (tertiary/aromatic N) is 2. The Labute approximate surface area is 119 Å². The minimum atomic E-state index is 0.369. The summed E-state index contributed by atoms with van der Waals surface area (Å²) in [5, 5.41) is 0.369. The summed E-state index contributed by atoms with van der Waals surface area (Å²) in [4.78, 5) is 7.23. The lowest BCUT2D eigenvalue weighted by Crippen LogP contribution is -2.42. The van der Waals surface area contributed by atoms with Crippen LogP contribution in [0, 0.1) is 6.92 Å². The Hall–Kier alpha value is -0.800. The highest BCUT2D eigenvalue weighted by molar-refractivity contribution is 6.20. The second-order valence-corrected chi connectivity index (χ2v) is 6.38. The number of hydrogen-bond donors (Lipinski definition) is 0. The first kappa shape index (κ1) is 13.2. The zero-order valence-corrected chi connectivity index (χ0v) is 12.4. The van der Waals surface area contributed by atoms with E-state index in [1.807, 2.05) is 13.0 Å². The van der Waals surface area contributed by atoms with E-state index in [0.29, 0.717) is 17.5 Å². The zero-order chi connectivity index (χ0) is 13.4. The molecular weight excluding hydrogens is 260 g/mol. The number of fused-ring (bicyclic) bond motifs is 2. The molecule has 3 rings (SSSR count). The maximum absolute atomic E-state index is 6.33. The van der Waals surface area contributed by atoms with Gasteiger partial charge in [-0.1, -0.05) is 0 Å². The van der Waals surface area contributed by atoms with Gasteiger partial charge in [-0.3, -0.25) is 9.88 Å². The molecule has 0 aliphatic carbocycles. The first-order chi connectivity index (χ1) is 9.15. The molecule has 2 atom stereocenters. The minimum Gasteiger partial charge on any atom is -0.497 e. The number of aryl methyl sites for hydroxylation is 1. The second kappa shape index (κ2) is 5.29. The normalized spacial score (nSPS) is 30.6. The van der Waals surface area contributed by atoms with Crippen molar-refractivity contribution in [1.82, 2.24) is 9.88 Å². The Morgan fingerprint density at radius 2 is 2.00 bits per heavy atom. The van der Waals surface area contributed by atoms with Gasteiger partial charge in [0.05, 0.1) is 12.8 Å². The molecule has 0 radical (unpaired) electrons. The van der Waals surface area contributed by atoms with Crippen LogP contribution in [0.1, 0.15) is 37.1 Å². The molecule has 3 heterocycles. The molecule has 0 N–H and O–H groups in total. The van der Waals surface area contributed by atoms with Gasteiger partial charge in [-0.15, -0.1) is 11.6 Å². The quantitative estimate of drug-likeness (QED) is 0.796. The van der Waals surface area contributed by atoms with E-state index >= 15 is 0 Å². The number of hydrogen-bond acceptors (Lipinski definition) is 3. The molecule has 2 saturated heterocycles. The topological polar surface area (TPSA) is 25.4 Å². The average molecular weight is 281 g/mol. The second-order valence-electron chi connectivity index (χ2n) is 5.77. The molecule has 19 heavy (non-hydrogen) atoms. The van der Waals surface area contributed by atoms with Gasteiger partial charge in [-0.25, -0.2) is 0 Å². The van der Waals surface area contributed by atoms with Gasteiger partial charge < -0.3 is 4.74 Å². The van der Waals surface area contributed by atoms with Crippen molar-refractivity contribution in [1.29, 1.82) is 0 Å². The average Bonchev–Trinajstić information content (AvgIpc) is 2.60. The maximum atomic E-state index is 6.33. The van der Waals surface area contributed by atoms with Gasteiger partial charge in [-0.2, -0.15) is 0 Å². The minimum absolute atomic E-state index is 0.369. The third-order valence-corrected chi connectivity index (χ3v) is 4.74. The summed E-state index contributed by atoms with van der Waals surface area (Å²) in [5.41, 5.74) is 2.13. The lowest BCUT2D eigenvalue weighted by molar-refractivity contribution is 0.132. The first-order valence-electron chi connectivity index (χ1n) is 7.07. The number of alkyl halides is 1. The van der Waals surface area contributed by atoms with Gasteiger partial charge in [0.15, 0.2) is 0 Å². The van der Waals surface area contributed by atoms with Crippen LogP contribution >= 0.6 is 11.6 Å². The summed E-state index contributed by atoms with van der Waals surface area (Å²) in [5.74, 6) is 0.905. The Bertz CT molecular complexity index is 451. The molecule has 0 amide bonds. The molecule has 0 saturated carbocycles. The van der Waals surface area contributed by atoms with E-state index in [0.717, 1.165) is 36.5 Å². The number of halogens is 1. The predicted octanol–water partition coefficient (Wildman–Crippen LogP) is 3.13. The molecule has 4 heteroatoms. The molecular formula is C15H21ClN2O. The molecule has 0 spiro atoms. The van der Waals surface area contributed by atoms with E-state index in [-0.39, 0.29) is 0 Å². The third-order valence-electron chi connectivity index (χ3n) is 4.39. The van der Waals surface area contributed by atoms with Crippen LogP contribution in [0.15, 0.2) is 12.1 Å². The Morgan fingerprint density at radius 1 is 1.32 bits per heavy atom. The number of piperidine rings is 1. The van der Waals surface area contributed by atoms with Gasteiger partial charge in [0, 0.05) is 41.8 Å². The van der Waals surface area contributed by atoms with Crippen LogP contribution in [-0.2, 0) is 6.54 Å². The van der Waals surface area contributed by atoms with Crippen molar-refractivity contribution in [3.8, 4) is 5.75 Å². The Kier molecular flexibility index (Phi) is 3.68. The number of ether oxygens (including phenoxy) is 1. The van der Waals surface area contributed by atoms with E-state index in [1.165, 1.54) is 12.8 Å². The highest BCUT2D eigenvalue weighted by Gasteiger charge is 2.40. The van der Waals surface area contributed by atoms with Crippen molar-refractivity contribution in [3.63, 3.8) is 0 Å². The zero-order valence-electron chi connectivity index (χ0n) is 11.6. The van der Waals surface area contributed by atoms with Crippen molar-refractivity contribution in [3.05, 3.63) is 23.5 Å². The number of pyridine rings is 1. The number of rotatable bonds is 3. The van der Waals surface area contributed by atoms with Gasteiger partial charge in [0.1, 0.15) is 5.75 Å². The third kappa shape index (κ3) is 2.72. The Balaban J connectivity index is 1.77. The standard InChI is InChI=1S/C15H21ClN2O/c1-10-5-15(19-2)8-12(17-10)9-18-13-3-4-14(18)7-11(16)6-13/h5,8,11,13-14H,3-4,6-7,9H2,1-2H3. The molecule has 2 bridgehead atoms. The molecule has 2 aliphatic rings. The van der Waals surface area contributed by atoms with E-state index < -0.39 is 0 Å². The summed E-state index contributed by atoms with van der Waals surface area (Å²) < 4.78 is 5.33. The van der Waals surface area contributed by atoms with Crippen molar-refractivity contribution >= 4 is 11.6 Å². The van der Waals surface area contributed by atoms with Crippen LogP contribution in [0.5, 0.6) is 5.75 Å². The molecule has 2 aliphatic heterocycles. The van der Waals surface area contributed by atoms with Crippen LogP contribution in [0.3, 0.4) is 0 Å². The molecule has 104 valence electrons. The Morgan fingerprint density at radius 3 is 2.63 bits per heavy atom. The van der Waals surface area contributed by atoms with Gasteiger partial charge >= 0.3 is 0 Å². The van der Waals surface area contributed by atoms with E-state index in [9.17, 15) is 0 Å². The summed E-state index contributed by atoms with van der Waals surface area (Å²) in [6, 6.07) is 5.33. The molecule has 2 fully saturated rings. The smallest absolute Gasteiger partial charge is 0.122 e. The van der Waals surface area contributed by atoms with Crippen LogP contribution in [0.4, 0.5) is 0 Å². The fraction of sp³-hybridized carbons (Fsp3) is 0.667. The molecule has 3 nitrogen and oxygen atoms in total. The lowest BCUT2D eigenvalue weighted by Gasteiger charge is -2.36. The first-order valence-corrected chi connectivity index (χ1v) is 7.50. The van der Waals surface area contributed by atoms with Crippen LogP contribution in [0.25, 0.3) is 0 Å². The van der Waals surface area contributed by atoms with E-state index in [1.54, 1.807) is 7.11 Å².